The highest BCUT2D eigenvalue weighted by Crippen LogP contribution is 2.16. The van der Waals surface area contributed by atoms with Crippen molar-refractivity contribution in [1.29, 1.82) is 0 Å². The number of carbonyl (C=O) groups excluding carboxylic acids is 3. The van der Waals surface area contributed by atoms with Crippen molar-refractivity contribution in [3.63, 3.8) is 0 Å². The van der Waals surface area contributed by atoms with Gasteiger partial charge in [-0.05, 0) is 17.9 Å². The molecule has 142 valence electrons. The molecule has 1 aromatic rings. The summed E-state index contributed by atoms with van der Waals surface area (Å²) in [6.07, 6.45) is 0.584. The van der Waals surface area contributed by atoms with Gasteiger partial charge in [-0.2, -0.15) is 0 Å². The van der Waals surface area contributed by atoms with E-state index in [1.807, 2.05) is 30.3 Å². The van der Waals surface area contributed by atoms with E-state index in [9.17, 15) is 19.2 Å². The minimum Gasteiger partial charge on any atom is -0.481 e. The van der Waals surface area contributed by atoms with Gasteiger partial charge in [0, 0.05) is 18.9 Å². The number of aldehydes is 1. The van der Waals surface area contributed by atoms with E-state index in [0.717, 1.165) is 5.56 Å². The first kappa shape index (κ1) is 21.3. The molecule has 0 radical (unpaired) electrons. The Hall–Kier alpha value is -2.70. The Bertz CT molecular complexity index is 616. The second-order valence-electron chi connectivity index (χ2n) is 6.49. The number of carboxylic acids is 1. The average molecular weight is 362 g/mol. The lowest BCUT2D eigenvalue weighted by molar-refractivity contribution is -0.139. The number of aliphatic carboxylic acids is 1. The van der Waals surface area contributed by atoms with Crippen molar-refractivity contribution in [2.75, 3.05) is 6.54 Å². The van der Waals surface area contributed by atoms with Crippen LogP contribution < -0.4 is 10.6 Å². The Morgan fingerprint density at radius 1 is 1.12 bits per heavy atom. The van der Waals surface area contributed by atoms with Crippen LogP contribution >= 0.6 is 0 Å². The molecule has 0 saturated heterocycles. The van der Waals surface area contributed by atoms with E-state index in [4.69, 9.17) is 5.11 Å². The highest BCUT2D eigenvalue weighted by Gasteiger charge is 2.27. The lowest BCUT2D eigenvalue weighted by Crippen LogP contribution is -2.44. The molecule has 2 amide bonds. The molecule has 26 heavy (non-hydrogen) atoms. The van der Waals surface area contributed by atoms with E-state index >= 15 is 0 Å². The van der Waals surface area contributed by atoms with Crippen molar-refractivity contribution in [2.24, 2.45) is 11.8 Å². The molecule has 0 aromatic heterocycles. The first-order chi connectivity index (χ1) is 12.3. The van der Waals surface area contributed by atoms with Crippen LogP contribution in [0.5, 0.6) is 0 Å². The maximum absolute atomic E-state index is 12.3. The van der Waals surface area contributed by atoms with Gasteiger partial charge in [0.25, 0.3) is 0 Å². The molecule has 0 spiro atoms. The minimum atomic E-state index is -1.18. The fraction of sp³-hybridized carbons (Fsp3) is 0.474. The summed E-state index contributed by atoms with van der Waals surface area (Å²) in [4.78, 5) is 46.1. The van der Waals surface area contributed by atoms with Gasteiger partial charge in [-0.25, -0.2) is 0 Å². The molecule has 0 fully saturated rings. The average Bonchev–Trinajstić information content (AvgIpc) is 2.59. The van der Waals surface area contributed by atoms with E-state index < -0.39 is 30.3 Å². The van der Waals surface area contributed by atoms with Crippen molar-refractivity contribution in [2.45, 2.75) is 39.2 Å². The standard InChI is InChI=1S/C19H26N2O5/c1-13(2)16(19(26)21-15(12-22)10-18(24)25)11-17(23)20-9-8-14-6-4-3-5-7-14/h3-7,12-13,15-16H,8-11H2,1-2H3,(H,20,23)(H,21,26)(H,24,25)/t15?,16-/m0/s1. The second kappa shape index (κ2) is 11.0. The number of hydrogen-bond donors (Lipinski definition) is 3. The van der Waals surface area contributed by atoms with Crippen molar-refractivity contribution in [3.05, 3.63) is 35.9 Å². The molecule has 2 atom stereocenters. The van der Waals surface area contributed by atoms with Crippen LogP contribution in [0.25, 0.3) is 0 Å². The molecule has 0 heterocycles. The van der Waals surface area contributed by atoms with Gasteiger partial charge >= 0.3 is 5.97 Å². The normalized spacial score (nSPS) is 12.9. The molecule has 7 heteroatoms. The fourth-order valence-electron chi connectivity index (χ4n) is 2.51. The van der Waals surface area contributed by atoms with Crippen molar-refractivity contribution in [3.8, 4) is 0 Å². The van der Waals surface area contributed by atoms with Crippen molar-refractivity contribution < 1.29 is 24.3 Å². The number of carboxylic acid groups (broad SMARTS) is 1. The monoisotopic (exact) mass is 362 g/mol. The minimum absolute atomic E-state index is 0.0169. The molecule has 7 nitrogen and oxygen atoms in total. The summed E-state index contributed by atoms with van der Waals surface area (Å²) in [6, 6.07) is 8.62. The van der Waals surface area contributed by atoms with Gasteiger partial charge in [0.15, 0.2) is 0 Å². The van der Waals surface area contributed by atoms with Gasteiger partial charge in [-0.3, -0.25) is 14.4 Å². The van der Waals surface area contributed by atoms with Crippen LogP contribution in [-0.4, -0.2) is 41.8 Å². The largest absolute Gasteiger partial charge is 0.481 e. The summed E-state index contributed by atoms with van der Waals surface area (Å²) >= 11 is 0. The predicted molar refractivity (Wildman–Crippen MR) is 96.3 cm³/mol. The van der Waals surface area contributed by atoms with E-state index in [1.165, 1.54) is 0 Å². The molecule has 0 aliphatic carbocycles. The van der Waals surface area contributed by atoms with Gasteiger partial charge in [-0.1, -0.05) is 44.2 Å². The number of amides is 2. The topological polar surface area (TPSA) is 113 Å². The molecule has 1 rings (SSSR count). The van der Waals surface area contributed by atoms with Gasteiger partial charge in [0.2, 0.25) is 11.8 Å². The Morgan fingerprint density at radius 2 is 1.77 bits per heavy atom. The number of carbonyl (C=O) groups is 4. The van der Waals surface area contributed by atoms with E-state index in [2.05, 4.69) is 10.6 Å². The second-order valence-corrected chi connectivity index (χ2v) is 6.49. The van der Waals surface area contributed by atoms with Crippen LogP contribution in [-0.2, 0) is 25.6 Å². The van der Waals surface area contributed by atoms with E-state index in [1.54, 1.807) is 13.8 Å². The smallest absolute Gasteiger partial charge is 0.305 e. The van der Waals surface area contributed by atoms with Gasteiger partial charge in [-0.15, -0.1) is 0 Å². The van der Waals surface area contributed by atoms with Crippen LogP contribution in [0.4, 0.5) is 0 Å². The van der Waals surface area contributed by atoms with Gasteiger partial charge in [0.05, 0.1) is 12.5 Å². The Kier molecular flexibility index (Phi) is 9.05. The van der Waals surface area contributed by atoms with E-state index in [-0.39, 0.29) is 18.2 Å². The van der Waals surface area contributed by atoms with Crippen LogP contribution in [0, 0.1) is 11.8 Å². The quantitative estimate of drug-likeness (QED) is 0.512. The number of rotatable bonds is 11. The molecular formula is C19H26N2O5. The summed E-state index contributed by atoms with van der Waals surface area (Å²) in [5, 5.41) is 13.9. The van der Waals surface area contributed by atoms with Gasteiger partial charge in [0.1, 0.15) is 6.29 Å². The Labute approximate surface area is 153 Å². The van der Waals surface area contributed by atoms with Crippen LogP contribution in [0.2, 0.25) is 0 Å². The molecule has 1 aromatic carbocycles. The molecular weight excluding hydrogens is 336 g/mol. The van der Waals surface area contributed by atoms with Gasteiger partial charge < -0.3 is 20.5 Å². The third-order valence-corrected chi connectivity index (χ3v) is 4.01. The number of nitrogens with one attached hydrogen (secondary N) is 2. The summed E-state index contributed by atoms with van der Waals surface area (Å²) < 4.78 is 0. The van der Waals surface area contributed by atoms with Crippen molar-refractivity contribution in [1.82, 2.24) is 10.6 Å². The summed E-state index contributed by atoms with van der Waals surface area (Å²) in [7, 11) is 0. The zero-order valence-electron chi connectivity index (χ0n) is 15.1. The van der Waals surface area contributed by atoms with E-state index in [0.29, 0.717) is 19.3 Å². The lowest BCUT2D eigenvalue weighted by Gasteiger charge is -2.21. The van der Waals surface area contributed by atoms with Crippen LogP contribution in [0.1, 0.15) is 32.3 Å². The summed E-state index contributed by atoms with van der Waals surface area (Å²) in [5.41, 5.74) is 1.11. The summed E-state index contributed by atoms with van der Waals surface area (Å²) in [5.74, 6) is -2.69. The SMILES string of the molecule is CC(C)[C@H](CC(=O)NCCc1ccccc1)C(=O)NC(C=O)CC(=O)O. The molecule has 0 bridgehead atoms. The maximum atomic E-state index is 12.3. The molecule has 0 aliphatic heterocycles. The third-order valence-electron chi connectivity index (χ3n) is 4.01. The summed E-state index contributed by atoms with van der Waals surface area (Å²) in [6.45, 7) is 4.06. The molecule has 0 aliphatic rings. The number of benzene rings is 1. The Morgan fingerprint density at radius 3 is 2.31 bits per heavy atom. The maximum Gasteiger partial charge on any atom is 0.305 e. The fourth-order valence-corrected chi connectivity index (χ4v) is 2.51. The van der Waals surface area contributed by atoms with Crippen LogP contribution in [0.3, 0.4) is 0 Å². The highest BCUT2D eigenvalue weighted by molar-refractivity contribution is 5.88. The zero-order chi connectivity index (χ0) is 19.5. The first-order valence-corrected chi connectivity index (χ1v) is 8.61. The molecule has 1 unspecified atom stereocenters. The van der Waals surface area contributed by atoms with Crippen LogP contribution in [0.15, 0.2) is 30.3 Å². The lowest BCUT2D eigenvalue weighted by atomic mass is 9.91. The predicted octanol–water partition coefficient (Wildman–Crippen LogP) is 1.17. The van der Waals surface area contributed by atoms with Crippen molar-refractivity contribution >= 4 is 24.1 Å². The Balaban J connectivity index is 2.52. The first-order valence-electron chi connectivity index (χ1n) is 8.61. The molecule has 0 saturated carbocycles. The third kappa shape index (κ3) is 7.92. The highest BCUT2D eigenvalue weighted by atomic mass is 16.4. The number of hydrogen-bond acceptors (Lipinski definition) is 4. The zero-order valence-corrected chi connectivity index (χ0v) is 15.1. The molecule has 3 N–H and O–H groups in total.